The summed E-state index contributed by atoms with van der Waals surface area (Å²) in [4.78, 5) is 27.9. The maximum atomic E-state index is 12.1. The molecule has 134 valence electrons. The molecular weight excluding hydrogens is 336 g/mol. The third-order valence-corrected chi connectivity index (χ3v) is 5.77. The molecule has 3 rings (SSSR count). The van der Waals surface area contributed by atoms with E-state index >= 15 is 0 Å². The van der Waals surface area contributed by atoms with E-state index in [1.54, 1.807) is 11.3 Å². The molecule has 1 aromatic carbocycles. The number of piperazine rings is 1. The zero-order chi connectivity index (χ0) is 17.8. The number of nitrogens with one attached hydrogen (secondary N) is 2. The van der Waals surface area contributed by atoms with Crippen LogP contribution in [0.4, 0.5) is 4.79 Å². The van der Waals surface area contributed by atoms with Crippen molar-refractivity contribution in [2.75, 3.05) is 33.2 Å². The predicted molar refractivity (Wildman–Crippen MR) is 101 cm³/mol. The summed E-state index contributed by atoms with van der Waals surface area (Å²) < 4.78 is 1.33. The van der Waals surface area contributed by atoms with Gasteiger partial charge < -0.3 is 5.32 Å². The Morgan fingerprint density at radius 2 is 1.92 bits per heavy atom. The highest BCUT2D eigenvalue weighted by atomic mass is 32.1. The number of thiophene rings is 1. The van der Waals surface area contributed by atoms with E-state index in [0.29, 0.717) is 0 Å². The molecule has 25 heavy (non-hydrogen) atoms. The number of carbonyl (C=O) groups excluding carboxylic acids is 2. The molecule has 7 heteroatoms. The van der Waals surface area contributed by atoms with Crippen LogP contribution in [0.3, 0.4) is 0 Å². The monoisotopic (exact) mass is 360 g/mol. The zero-order valence-electron chi connectivity index (χ0n) is 14.6. The summed E-state index contributed by atoms with van der Waals surface area (Å²) in [5, 5.41) is 8.34. The minimum Gasteiger partial charge on any atom is -0.341 e. The molecule has 1 aliphatic rings. The summed E-state index contributed by atoms with van der Waals surface area (Å²) in [7, 11) is 1.50. The van der Waals surface area contributed by atoms with Gasteiger partial charge in [0.15, 0.2) is 0 Å². The van der Waals surface area contributed by atoms with Crippen molar-refractivity contribution in [3.8, 4) is 0 Å². The number of amides is 3. The average Bonchev–Trinajstić information content (AvgIpc) is 3.04. The minimum absolute atomic E-state index is 0.253. The Balaban J connectivity index is 1.53. The number of hydrogen-bond acceptors (Lipinski definition) is 5. The Morgan fingerprint density at radius 1 is 1.20 bits per heavy atom. The van der Waals surface area contributed by atoms with Crippen LogP contribution in [0.15, 0.2) is 29.6 Å². The van der Waals surface area contributed by atoms with E-state index in [9.17, 15) is 9.59 Å². The third kappa shape index (κ3) is 4.18. The summed E-state index contributed by atoms with van der Waals surface area (Å²) in [6.45, 7) is 6.27. The lowest BCUT2D eigenvalue weighted by Gasteiger charge is -2.37. The first-order chi connectivity index (χ1) is 12.1. The lowest BCUT2D eigenvalue weighted by molar-refractivity contribution is -0.125. The number of imide groups is 1. The Kier molecular flexibility index (Phi) is 5.67. The summed E-state index contributed by atoms with van der Waals surface area (Å²) in [5.74, 6) is -0.253. The van der Waals surface area contributed by atoms with Gasteiger partial charge in [-0.05, 0) is 29.3 Å². The second-order valence-electron chi connectivity index (χ2n) is 6.31. The van der Waals surface area contributed by atoms with Gasteiger partial charge >= 0.3 is 6.03 Å². The highest BCUT2D eigenvalue weighted by Gasteiger charge is 2.26. The first-order valence-electron chi connectivity index (χ1n) is 8.52. The molecule has 0 unspecified atom stereocenters. The fourth-order valence-electron chi connectivity index (χ4n) is 3.15. The first kappa shape index (κ1) is 17.8. The van der Waals surface area contributed by atoms with Crippen LogP contribution in [0.25, 0.3) is 10.1 Å². The molecule has 1 atom stereocenters. The number of carbonyl (C=O) groups is 2. The van der Waals surface area contributed by atoms with Crippen molar-refractivity contribution < 1.29 is 9.59 Å². The highest BCUT2D eigenvalue weighted by Crippen LogP contribution is 2.27. The quantitative estimate of drug-likeness (QED) is 0.874. The first-order valence-corrected chi connectivity index (χ1v) is 9.40. The van der Waals surface area contributed by atoms with Crippen LogP contribution in [-0.2, 0) is 11.3 Å². The molecule has 1 fully saturated rings. The molecule has 1 saturated heterocycles. The van der Waals surface area contributed by atoms with E-state index in [4.69, 9.17) is 0 Å². The van der Waals surface area contributed by atoms with E-state index in [1.165, 1.54) is 22.7 Å². The molecular formula is C18H24N4O2S. The van der Waals surface area contributed by atoms with Crippen molar-refractivity contribution in [1.82, 2.24) is 20.4 Å². The number of rotatable bonds is 4. The third-order valence-electron chi connectivity index (χ3n) is 4.75. The van der Waals surface area contributed by atoms with Gasteiger partial charge in [-0.2, -0.15) is 0 Å². The topological polar surface area (TPSA) is 64.7 Å². The van der Waals surface area contributed by atoms with Crippen LogP contribution in [0.2, 0.25) is 0 Å². The number of benzene rings is 1. The smallest absolute Gasteiger partial charge is 0.321 e. The summed E-state index contributed by atoms with van der Waals surface area (Å²) in [5.41, 5.74) is 1.37. The van der Waals surface area contributed by atoms with Gasteiger partial charge in [-0.15, -0.1) is 11.3 Å². The second kappa shape index (κ2) is 7.95. The molecule has 6 nitrogen and oxygen atoms in total. The lowest BCUT2D eigenvalue weighted by atomic mass is 10.1. The second-order valence-corrected chi connectivity index (χ2v) is 7.22. The molecule has 0 spiro atoms. The number of nitrogens with zero attached hydrogens (tertiary/aromatic N) is 2. The summed E-state index contributed by atoms with van der Waals surface area (Å²) in [6, 6.07) is 7.74. The number of hydrogen-bond donors (Lipinski definition) is 2. The summed E-state index contributed by atoms with van der Waals surface area (Å²) >= 11 is 1.79. The summed E-state index contributed by atoms with van der Waals surface area (Å²) in [6.07, 6.45) is 0. The predicted octanol–water partition coefficient (Wildman–Crippen LogP) is 1.86. The maximum absolute atomic E-state index is 12.1. The highest BCUT2D eigenvalue weighted by molar-refractivity contribution is 7.17. The van der Waals surface area contributed by atoms with Crippen LogP contribution in [0.1, 0.15) is 12.5 Å². The van der Waals surface area contributed by atoms with Crippen molar-refractivity contribution >= 4 is 33.4 Å². The molecule has 0 bridgehead atoms. The van der Waals surface area contributed by atoms with E-state index in [-0.39, 0.29) is 11.9 Å². The Labute approximate surface area is 151 Å². The van der Waals surface area contributed by atoms with E-state index in [1.807, 2.05) is 6.92 Å². The van der Waals surface area contributed by atoms with Crippen LogP contribution in [0.5, 0.6) is 0 Å². The van der Waals surface area contributed by atoms with Gasteiger partial charge in [-0.3, -0.25) is 19.9 Å². The molecule has 3 amide bonds. The molecule has 0 saturated carbocycles. The largest absolute Gasteiger partial charge is 0.341 e. The number of fused-ring (bicyclic) bond motifs is 1. The van der Waals surface area contributed by atoms with Gasteiger partial charge in [0.05, 0.1) is 6.04 Å². The molecule has 0 aliphatic carbocycles. The van der Waals surface area contributed by atoms with E-state index in [0.717, 1.165) is 32.7 Å². The molecule has 2 aromatic rings. The van der Waals surface area contributed by atoms with Crippen molar-refractivity contribution in [1.29, 1.82) is 0 Å². The lowest BCUT2D eigenvalue weighted by Crippen LogP contribution is -2.55. The van der Waals surface area contributed by atoms with Crippen LogP contribution in [-0.4, -0.2) is 61.0 Å². The molecule has 0 radical (unpaired) electrons. The fourth-order valence-corrected chi connectivity index (χ4v) is 4.10. The van der Waals surface area contributed by atoms with Crippen LogP contribution in [0, 0.1) is 0 Å². The van der Waals surface area contributed by atoms with Gasteiger partial charge in [0.25, 0.3) is 0 Å². The maximum Gasteiger partial charge on any atom is 0.321 e. The normalized spacial score (nSPS) is 17.4. The molecule has 2 heterocycles. The minimum atomic E-state index is -0.458. The zero-order valence-corrected chi connectivity index (χ0v) is 15.4. The molecule has 1 aromatic heterocycles. The van der Waals surface area contributed by atoms with Gasteiger partial charge in [-0.1, -0.05) is 18.2 Å². The number of urea groups is 1. The van der Waals surface area contributed by atoms with Crippen molar-refractivity contribution in [3.05, 3.63) is 35.2 Å². The molecule has 1 aliphatic heterocycles. The average molecular weight is 360 g/mol. The van der Waals surface area contributed by atoms with Crippen LogP contribution < -0.4 is 10.6 Å². The standard InChI is InChI=1S/C18H24N4O2S/c1-13(17(23)20-18(24)19-2)22-9-7-21(8-10-22)11-14-12-25-16-6-4-3-5-15(14)16/h3-6,12-13H,7-11H2,1-2H3,(H2,19,20,23,24)/t13-/m1/s1. The van der Waals surface area contributed by atoms with Crippen molar-refractivity contribution in [2.24, 2.45) is 0 Å². The van der Waals surface area contributed by atoms with Crippen molar-refractivity contribution in [2.45, 2.75) is 19.5 Å². The Hall–Kier alpha value is -1.96. The molecule has 2 N–H and O–H groups in total. The SMILES string of the molecule is CNC(=O)NC(=O)[C@@H](C)N1CCN(Cc2csc3ccccc23)CC1. The Bertz CT molecular complexity index is 752. The van der Waals surface area contributed by atoms with Gasteiger partial charge in [0, 0.05) is 44.5 Å². The van der Waals surface area contributed by atoms with E-state index in [2.05, 4.69) is 50.1 Å². The Morgan fingerprint density at radius 3 is 2.64 bits per heavy atom. The van der Waals surface area contributed by atoms with Gasteiger partial charge in [-0.25, -0.2) is 4.79 Å². The van der Waals surface area contributed by atoms with Crippen LogP contribution >= 0.6 is 11.3 Å². The fraction of sp³-hybridized carbons (Fsp3) is 0.444. The van der Waals surface area contributed by atoms with E-state index < -0.39 is 6.03 Å². The van der Waals surface area contributed by atoms with Gasteiger partial charge in [0.1, 0.15) is 0 Å². The van der Waals surface area contributed by atoms with Crippen molar-refractivity contribution in [3.63, 3.8) is 0 Å². The van der Waals surface area contributed by atoms with Gasteiger partial charge in [0.2, 0.25) is 5.91 Å².